The molecule has 7 N–H and O–H groups in total. The second kappa shape index (κ2) is 12.0. The quantitative estimate of drug-likeness (QED) is 0.180. The van der Waals surface area contributed by atoms with Crippen LogP contribution in [-0.4, -0.2) is 113 Å². The Balaban J connectivity index is 1.56. The molecule has 0 radical (unpaired) electrons. The van der Waals surface area contributed by atoms with Crippen LogP contribution in [0.5, 0.6) is 5.75 Å². The third-order valence-electron chi connectivity index (χ3n) is 9.48. The van der Waals surface area contributed by atoms with Gasteiger partial charge in [-0.2, -0.15) is 0 Å². The van der Waals surface area contributed by atoms with Crippen LogP contribution < -0.4 is 11.1 Å². The van der Waals surface area contributed by atoms with Crippen molar-refractivity contribution in [2.75, 3.05) is 41.3 Å². The number of nitrogens with zero attached hydrogens (tertiary/aromatic N) is 2. The Kier molecular flexibility index (Phi) is 8.62. The van der Waals surface area contributed by atoms with Gasteiger partial charge in [-0.25, -0.2) is 0 Å². The van der Waals surface area contributed by atoms with Crippen molar-refractivity contribution < 1.29 is 39.6 Å². The molecule has 0 spiro atoms. The van der Waals surface area contributed by atoms with Gasteiger partial charge in [-0.1, -0.05) is 18.2 Å². The molecule has 0 aromatic heterocycles. The van der Waals surface area contributed by atoms with E-state index in [1.807, 2.05) is 19.0 Å². The summed E-state index contributed by atoms with van der Waals surface area (Å²) in [5, 5.41) is 48.2. The maximum atomic E-state index is 14.0. The van der Waals surface area contributed by atoms with E-state index in [-0.39, 0.29) is 35.6 Å². The minimum absolute atomic E-state index is 0.0166. The van der Waals surface area contributed by atoms with Gasteiger partial charge in [0.05, 0.1) is 11.7 Å². The van der Waals surface area contributed by atoms with Gasteiger partial charge in [-0.05, 0) is 94.8 Å². The summed E-state index contributed by atoms with van der Waals surface area (Å²) in [4.78, 5) is 56.3. The number of carbonyl (C=O) groups is 4. The van der Waals surface area contributed by atoms with Crippen molar-refractivity contribution in [3.8, 4) is 16.9 Å². The first-order valence-electron chi connectivity index (χ1n) is 15.0. The number of likely N-dealkylation sites (N-methyl/N-ethyl adjacent to an activating group) is 1. The predicted molar refractivity (Wildman–Crippen MR) is 164 cm³/mol. The number of aromatic hydroxyl groups is 1. The molecule has 12 heteroatoms. The molecule has 1 saturated carbocycles. The van der Waals surface area contributed by atoms with Crippen LogP contribution in [0.25, 0.3) is 11.1 Å². The molecule has 45 heavy (non-hydrogen) atoms. The molecule has 2 unspecified atom stereocenters. The number of nitrogens with two attached hydrogens (primary N) is 1. The second-order valence-corrected chi connectivity index (χ2v) is 12.8. The zero-order chi connectivity index (χ0) is 33.0. The number of phenolic OH excluding ortho intramolecular Hbond substituents is 1. The van der Waals surface area contributed by atoms with Gasteiger partial charge in [0.15, 0.2) is 17.2 Å². The van der Waals surface area contributed by atoms with Gasteiger partial charge < -0.3 is 41.3 Å². The third kappa shape index (κ3) is 5.31. The van der Waals surface area contributed by atoms with E-state index in [2.05, 4.69) is 5.32 Å². The number of primary amides is 1. The molecule has 5 rings (SSSR count). The number of Topliss-reactive ketones (excluding diaryl/α,β-unsaturated/α-hetero) is 2. The summed E-state index contributed by atoms with van der Waals surface area (Å²) in [6.45, 7) is 1.33. The fourth-order valence-electron chi connectivity index (χ4n) is 7.40. The summed E-state index contributed by atoms with van der Waals surface area (Å²) in [6.07, 6.45) is -0.593. The molecule has 0 bridgehead atoms. The summed E-state index contributed by atoms with van der Waals surface area (Å²) in [5.74, 6) is -8.11. The molecule has 2 amide bonds. The van der Waals surface area contributed by atoms with Crippen molar-refractivity contribution in [1.82, 2.24) is 15.1 Å². The largest absolute Gasteiger partial charge is 0.508 e. The fourth-order valence-corrected chi connectivity index (χ4v) is 7.40. The average Bonchev–Trinajstić information content (AvgIpc) is 2.96. The smallest absolute Gasteiger partial charge is 0.251 e. The number of ketones is 2. The summed E-state index contributed by atoms with van der Waals surface area (Å²) in [5.41, 5.74) is 4.68. The van der Waals surface area contributed by atoms with Gasteiger partial charge >= 0.3 is 0 Å². The van der Waals surface area contributed by atoms with Crippen molar-refractivity contribution in [3.05, 3.63) is 64.4 Å². The van der Waals surface area contributed by atoms with Gasteiger partial charge in [0, 0.05) is 29.6 Å². The highest BCUT2D eigenvalue weighted by Crippen LogP contribution is 2.53. The van der Waals surface area contributed by atoms with Gasteiger partial charge in [0.2, 0.25) is 5.91 Å². The van der Waals surface area contributed by atoms with Gasteiger partial charge in [0.25, 0.3) is 5.91 Å². The number of carbonyl (C=O) groups excluding carboxylic acids is 4. The first-order chi connectivity index (χ1) is 21.2. The number of fused-ring (bicyclic) bond motifs is 3. The van der Waals surface area contributed by atoms with Crippen LogP contribution in [0.2, 0.25) is 0 Å². The summed E-state index contributed by atoms with van der Waals surface area (Å²) >= 11 is 0. The lowest BCUT2D eigenvalue weighted by Gasteiger charge is -2.53. The maximum absolute atomic E-state index is 14.0. The lowest BCUT2D eigenvalue weighted by Crippen LogP contribution is -2.71. The van der Waals surface area contributed by atoms with E-state index >= 15 is 0 Å². The monoisotopic (exact) mass is 620 g/mol. The Morgan fingerprint density at radius 2 is 1.80 bits per heavy atom. The molecule has 240 valence electrons. The van der Waals surface area contributed by atoms with Gasteiger partial charge in [-0.15, -0.1) is 0 Å². The Labute approximate surface area is 261 Å². The summed E-state index contributed by atoms with van der Waals surface area (Å²) in [7, 11) is 7.14. The topological polar surface area (TPSA) is 194 Å². The summed E-state index contributed by atoms with van der Waals surface area (Å²) < 4.78 is 0. The molecule has 6 atom stereocenters. The molecular weight excluding hydrogens is 580 g/mol. The van der Waals surface area contributed by atoms with Crippen LogP contribution in [0.3, 0.4) is 0 Å². The zero-order valence-corrected chi connectivity index (χ0v) is 25.8. The number of aliphatic hydroxyl groups excluding tert-OH is 2. The average molecular weight is 621 g/mol. The standard InChI is InChI=1S/C33H40N4O8/c1-36(2)12-6-11-35-32(44)17-8-5-7-16(13-17)19-9-10-22(38)24-20(19)14-18-15-21-26(37(3)4)28(40)25(31(34)43)30(42)33(21,45)29(41)23(18)27(24)39/h5,7-10,13,18,21,25-26,28,38,40-41,45H,6,11-12,14-15H2,1-4H3,(H2,34,43)(H,35,44)/t18-,21-,25?,26-,28?,33-/m0/s1. The molecule has 3 aliphatic carbocycles. The third-order valence-corrected chi connectivity index (χ3v) is 9.48. The number of amides is 2. The molecule has 3 aliphatic rings. The van der Waals surface area contributed by atoms with Crippen LogP contribution in [0.4, 0.5) is 0 Å². The number of allylic oxidation sites excluding steroid dienone is 1. The normalized spacial score (nSPS) is 27.7. The molecule has 2 aromatic carbocycles. The second-order valence-electron chi connectivity index (χ2n) is 12.8. The van der Waals surface area contributed by atoms with E-state index in [4.69, 9.17) is 5.73 Å². The van der Waals surface area contributed by atoms with Crippen LogP contribution in [-0.2, 0) is 16.0 Å². The van der Waals surface area contributed by atoms with Crippen molar-refractivity contribution in [1.29, 1.82) is 0 Å². The predicted octanol–water partition coefficient (Wildman–Crippen LogP) is 0.634. The number of rotatable bonds is 8. The first-order valence-corrected chi connectivity index (χ1v) is 15.0. The van der Waals surface area contributed by atoms with Crippen LogP contribution in [0.15, 0.2) is 47.7 Å². The number of hydrogen-bond donors (Lipinski definition) is 6. The molecule has 0 aliphatic heterocycles. The molecule has 0 heterocycles. The van der Waals surface area contributed by atoms with Crippen molar-refractivity contribution in [2.45, 2.75) is 37.0 Å². The van der Waals surface area contributed by atoms with E-state index in [0.29, 0.717) is 28.8 Å². The zero-order valence-electron chi connectivity index (χ0n) is 25.8. The van der Waals surface area contributed by atoms with Crippen LogP contribution >= 0.6 is 0 Å². The van der Waals surface area contributed by atoms with Crippen molar-refractivity contribution >= 4 is 23.4 Å². The number of hydrogen-bond acceptors (Lipinski definition) is 10. The van der Waals surface area contributed by atoms with Gasteiger partial charge in [0.1, 0.15) is 17.4 Å². The first kappa shape index (κ1) is 32.3. The Morgan fingerprint density at radius 1 is 1.09 bits per heavy atom. The van der Waals surface area contributed by atoms with E-state index in [0.717, 1.165) is 13.0 Å². The summed E-state index contributed by atoms with van der Waals surface area (Å²) in [6, 6.07) is 8.99. The Hall–Kier alpha value is -4.10. The molecule has 12 nitrogen and oxygen atoms in total. The molecular formula is C33H40N4O8. The maximum Gasteiger partial charge on any atom is 0.251 e. The highest BCUT2D eigenvalue weighted by molar-refractivity contribution is 6.16. The number of nitrogens with one attached hydrogen (secondary N) is 1. The lowest BCUT2D eigenvalue weighted by atomic mass is 9.55. The lowest BCUT2D eigenvalue weighted by molar-refractivity contribution is -0.178. The highest BCUT2D eigenvalue weighted by atomic mass is 16.4. The van der Waals surface area contributed by atoms with E-state index in [1.54, 1.807) is 49.3 Å². The van der Waals surface area contributed by atoms with E-state index < -0.39 is 58.7 Å². The van der Waals surface area contributed by atoms with Crippen LogP contribution in [0, 0.1) is 17.8 Å². The number of benzene rings is 2. The minimum Gasteiger partial charge on any atom is -0.508 e. The SMILES string of the molecule is CN(C)CCCNC(=O)c1cccc(-c2ccc(O)c3c2C[C@H]2C[C@H]4[C@H](N(C)C)C(O)C(C(N)=O)C(=O)[C@@]4(O)C(O)=C2C3=O)c1. The fraction of sp³-hybridized carbons (Fsp3) is 0.455. The minimum atomic E-state index is -2.64. The highest BCUT2D eigenvalue weighted by Gasteiger charge is 2.66. The molecule has 0 saturated heterocycles. The Morgan fingerprint density at radius 3 is 2.44 bits per heavy atom. The van der Waals surface area contributed by atoms with Crippen molar-refractivity contribution in [3.63, 3.8) is 0 Å². The van der Waals surface area contributed by atoms with E-state index in [9.17, 15) is 39.6 Å². The molecule has 2 aromatic rings. The van der Waals surface area contributed by atoms with E-state index in [1.165, 1.54) is 6.07 Å². The Bertz CT molecular complexity index is 1600. The molecule has 1 fully saturated rings. The number of aliphatic hydroxyl groups is 3. The van der Waals surface area contributed by atoms with Crippen LogP contribution in [0.1, 0.15) is 39.1 Å². The number of phenols is 1. The van der Waals surface area contributed by atoms with Gasteiger partial charge in [-0.3, -0.25) is 19.2 Å². The van der Waals surface area contributed by atoms with Crippen molar-refractivity contribution in [2.24, 2.45) is 23.5 Å².